The fourth-order valence-corrected chi connectivity index (χ4v) is 2.32. The highest BCUT2D eigenvalue weighted by Crippen LogP contribution is 2.34. The molecule has 2 amide bonds. The molecule has 1 aliphatic rings. The molecule has 2 aromatic rings. The van der Waals surface area contributed by atoms with Gasteiger partial charge in [0.15, 0.2) is 6.61 Å². The number of benzene rings is 2. The van der Waals surface area contributed by atoms with Gasteiger partial charge in [0.1, 0.15) is 23.9 Å². The second-order valence-electron chi connectivity index (χ2n) is 6.63. The Kier molecular flexibility index (Phi) is 4.79. The molecule has 0 bridgehead atoms. The number of rotatable bonds is 4. The molecule has 0 atom stereocenters. The summed E-state index contributed by atoms with van der Waals surface area (Å²) in [5.74, 6) is 0.0323. The molecule has 0 radical (unpaired) electrons. The third-order valence-electron chi connectivity index (χ3n) is 3.90. The van der Waals surface area contributed by atoms with E-state index >= 15 is 0 Å². The van der Waals surface area contributed by atoms with E-state index < -0.39 is 5.41 Å². The summed E-state index contributed by atoms with van der Waals surface area (Å²) in [5, 5.41) is 5.49. The molecule has 26 heavy (non-hydrogen) atoms. The van der Waals surface area contributed by atoms with E-state index in [0.29, 0.717) is 22.9 Å². The number of ether oxygens (including phenoxy) is 2. The fraction of sp³-hybridized carbons (Fsp3) is 0.263. The molecule has 0 saturated carbocycles. The van der Waals surface area contributed by atoms with Crippen LogP contribution in [0.4, 0.5) is 15.8 Å². The zero-order chi connectivity index (χ0) is 18.7. The summed E-state index contributed by atoms with van der Waals surface area (Å²) in [6, 6.07) is 10.4. The summed E-state index contributed by atoms with van der Waals surface area (Å²) in [4.78, 5) is 24.2. The van der Waals surface area contributed by atoms with Gasteiger partial charge in [-0.25, -0.2) is 4.39 Å². The summed E-state index contributed by atoms with van der Waals surface area (Å²) < 4.78 is 23.8. The van der Waals surface area contributed by atoms with Crippen LogP contribution in [0, 0.1) is 11.2 Å². The number of anilines is 2. The van der Waals surface area contributed by atoms with Crippen molar-refractivity contribution in [1.82, 2.24) is 0 Å². The van der Waals surface area contributed by atoms with Crippen LogP contribution in [0.1, 0.15) is 13.8 Å². The van der Waals surface area contributed by atoms with Crippen molar-refractivity contribution in [3.63, 3.8) is 0 Å². The highest BCUT2D eigenvalue weighted by molar-refractivity contribution is 5.98. The molecule has 6 nitrogen and oxygen atoms in total. The molecule has 2 aromatic carbocycles. The molecule has 0 saturated heterocycles. The Hall–Kier alpha value is -3.09. The minimum Gasteiger partial charge on any atom is -0.490 e. The van der Waals surface area contributed by atoms with Gasteiger partial charge in [-0.05, 0) is 56.3 Å². The van der Waals surface area contributed by atoms with E-state index in [-0.39, 0.29) is 30.8 Å². The lowest BCUT2D eigenvalue weighted by Gasteiger charge is -2.18. The first kappa shape index (κ1) is 17.7. The molecule has 0 spiro atoms. The van der Waals surface area contributed by atoms with Crippen LogP contribution < -0.4 is 20.1 Å². The van der Waals surface area contributed by atoms with Crippen molar-refractivity contribution in [2.45, 2.75) is 13.8 Å². The molecule has 0 fully saturated rings. The zero-order valence-corrected chi connectivity index (χ0v) is 14.5. The van der Waals surface area contributed by atoms with Crippen molar-refractivity contribution < 1.29 is 23.5 Å². The first-order valence-corrected chi connectivity index (χ1v) is 8.10. The SMILES string of the molecule is CC1(C)COc2ccc(NC(=O)COc3ccc(F)cc3)cc2NC1=O. The normalized spacial score (nSPS) is 15.1. The number of amides is 2. The van der Waals surface area contributed by atoms with Crippen LogP contribution in [-0.2, 0) is 9.59 Å². The summed E-state index contributed by atoms with van der Waals surface area (Å²) >= 11 is 0. The standard InChI is InChI=1S/C19H19FN2O4/c1-19(2)11-26-16-8-5-13(9-15(16)22-18(19)24)21-17(23)10-25-14-6-3-12(20)4-7-14/h3-9H,10-11H2,1-2H3,(H,21,23)(H,22,24). The molecule has 1 aliphatic heterocycles. The number of carbonyl (C=O) groups is 2. The predicted octanol–water partition coefficient (Wildman–Crippen LogP) is 3.20. The number of carbonyl (C=O) groups excluding carboxylic acids is 2. The van der Waals surface area contributed by atoms with Crippen LogP contribution >= 0.6 is 0 Å². The number of halogens is 1. The molecule has 0 aromatic heterocycles. The van der Waals surface area contributed by atoms with Crippen LogP contribution in [0.15, 0.2) is 42.5 Å². The van der Waals surface area contributed by atoms with Crippen LogP contribution in [0.5, 0.6) is 11.5 Å². The first-order chi connectivity index (χ1) is 12.3. The Bertz CT molecular complexity index is 834. The maximum absolute atomic E-state index is 12.8. The predicted molar refractivity (Wildman–Crippen MR) is 94.9 cm³/mol. The second-order valence-corrected chi connectivity index (χ2v) is 6.63. The van der Waals surface area contributed by atoms with Crippen LogP contribution in [-0.4, -0.2) is 25.0 Å². The Labute approximate surface area is 150 Å². The van der Waals surface area contributed by atoms with Crippen LogP contribution in [0.3, 0.4) is 0 Å². The molecule has 0 unspecified atom stereocenters. The molecule has 0 aliphatic carbocycles. The van der Waals surface area contributed by atoms with Crippen LogP contribution in [0.25, 0.3) is 0 Å². The third-order valence-corrected chi connectivity index (χ3v) is 3.90. The van der Waals surface area contributed by atoms with E-state index in [9.17, 15) is 14.0 Å². The maximum atomic E-state index is 12.8. The van der Waals surface area contributed by atoms with Gasteiger partial charge < -0.3 is 20.1 Å². The van der Waals surface area contributed by atoms with E-state index in [4.69, 9.17) is 9.47 Å². The topological polar surface area (TPSA) is 76.7 Å². The van der Waals surface area contributed by atoms with Crippen molar-refractivity contribution in [2.75, 3.05) is 23.8 Å². The van der Waals surface area contributed by atoms with E-state index in [1.54, 1.807) is 32.0 Å². The third kappa shape index (κ3) is 4.11. The monoisotopic (exact) mass is 358 g/mol. The van der Waals surface area contributed by atoms with Crippen LogP contribution in [0.2, 0.25) is 0 Å². The Morgan fingerprint density at radius 1 is 1.27 bits per heavy atom. The van der Waals surface area contributed by atoms with Crippen molar-refractivity contribution in [2.24, 2.45) is 5.41 Å². The van der Waals surface area contributed by atoms with Gasteiger partial charge in [0.2, 0.25) is 5.91 Å². The van der Waals surface area contributed by atoms with Crippen molar-refractivity contribution in [3.05, 3.63) is 48.3 Å². The molecule has 7 heteroatoms. The van der Waals surface area contributed by atoms with Gasteiger partial charge in [0.25, 0.3) is 5.91 Å². The lowest BCUT2D eigenvalue weighted by Crippen LogP contribution is -2.33. The van der Waals surface area contributed by atoms with Crippen molar-refractivity contribution in [1.29, 1.82) is 0 Å². The quantitative estimate of drug-likeness (QED) is 0.880. The summed E-state index contributed by atoms with van der Waals surface area (Å²) in [7, 11) is 0. The minimum absolute atomic E-state index is 0.153. The average molecular weight is 358 g/mol. The number of fused-ring (bicyclic) bond motifs is 1. The molecule has 1 heterocycles. The van der Waals surface area contributed by atoms with E-state index in [1.807, 2.05) is 0 Å². The van der Waals surface area contributed by atoms with E-state index in [2.05, 4.69) is 10.6 Å². The number of hydrogen-bond donors (Lipinski definition) is 2. The van der Waals surface area contributed by atoms with Gasteiger partial charge in [-0.15, -0.1) is 0 Å². The van der Waals surface area contributed by atoms with Gasteiger partial charge in [-0.2, -0.15) is 0 Å². The van der Waals surface area contributed by atoms with E-state index in [1.165, 1.54) is 24.3 Å². The van der Waals surface area contributed by atoms with Crippen molar-refractivity contribution >= 4 is 23.2 Å². The van der Waals surface area contributed by atoms with Gasteiger partial charge >= 0.3 is 0 Å². The minimum atomic E-state index is -0.647. The lowest BCUT2D eigenvalue weighted by atomic mass is 9.94. The largest absolute Gasteiger partial charge is 0.490 e. The Balaban J connectivity index is 1.63. The van der Waals surface area contributed by atoms with Gasteiger partial charge in [0, 0.05) is 5.69 Å². The molecular formula is C19H19FN2O4. The highest BCUT2D eigenvalue weighted by Gasteiger charge is 2.32. The smallest absolute Gasteiger partial charge is 0.262 e. The number of nitrogens with one attached hydrogen (secondary N) is 2. The lowest BCUT2D eigenvalue weighted by molar-refractivity contribution is -0.125. The molecule has 3 rings (SSSR count). The highest BCUT2D eigenvalue weighted by atomic mass is 19.1. The molecular weight excluding hydrogens is 339 g/mol. The average Bonchev–Trinajstić information content (AvgIpc) is 2.71. The second kappa shape index (κ2) is 7.03. The van der Waals surface area contributed by atoms with Gasteiger partial charge in [0.05, 0.1) is 11.1 Å². The molecule has 136 valence electrons. The Morgan fingerprint density at radius 3 is 2.73 bits per heavy atom. The fourth-order valence-electron chi connectivity index (χ4n) is 2.32. The molecule has 2 N–H and O–H groups in total. The zero-order valence-electron chi connectivity index (χ0n) is 14.5. The van der Waals surface area contributed by atoms with Gasteiger partial charge in [-0.3, -0.25) is 9.59 Å². The van der Waals surface area contributed by atoms with Crippen molar-refractivity contribution in [3.8, 4) is 11.5 Å². The summed E-state index contributed by atoms with van der Waals surface area (Å²) in [5.41, 5.74) is 0.351. The number of hydrogen-bond acceptors (Lipinski definition) is 4. The summed E-state index contributed by atoms with van der Waals surface area (Å²) in [6.45, 7) is 3.63. The van der Waals surface area contributed by atoms with Gasteiger partial charge in [-0.1, -0.05) is 0 Å². The van der Waals surface area contributed by atoms with E-state index in [0.717, 1.165) is 0 Å². The summed E-state index contributed by atoms with van der Waals surface area (Å²) in [6.07, 6.45) is 0. The maximum Gasteiger partial charge on any atom is 0.262 e. The first-order valence-electron chi connectivity index (χ1n) is 8.10. The Morgan fingerprint density at radius 2 is 2.00 bits per heavy atom.